The molecule has 0 saturated carbocycles. The van der Waals surface area contributed by atoms with Crippen LogP contribution < -0.4 is 9.80 Å². The Morgan fingerprint density at radius 2 is 0.803 bits per heavy atom. The summed E-state index contributed by atoms with van der Waals surface area (Å²) in [4.78, 5) is 4.80. The maximum Gasteiger partial charge on any atom is 0.0620 e. The van der Waals surface area contributed by atoms with E-state index < -0.39 is 0 Å². The molecule has 0 atom stereocenters. The average molecular weight is 780 g/mol. The Balaban J connectivity index is 1.28. The van der Waals surface area contributed by atoms with E-state index in [0.717, 1.165) is 50.9 Å². The van der Waals surface area contributed by atoms with Crippen LogP contribution in [0.1, 0.15) is 0 Å². The number of nitrogens with zero attached hydrogens (tertiary/aromatic N) is 3. The predicted octanol–water partition coefficient (Wildman–Crippen LogP) is 16.2. The molecule has 1 aromatic heterocycles. The van der Waals surface area contributed by atoms with E-state index in [-0.39, 0.29) is 0 Å². The second-order valence-electron chi connectivity index (χ2n) is 15.4. The van der Waals surface area contributed by atoms with Gasteiger partial charge < -0.3 is 14.4 Å². The number of benzene rings is 10. The van der Waals surface area contributed by atoms with Gasteiger partial charge in [0.1, 0.15) is 0 Å². The summed E-state index contributed by atoms with van der Waals surface area (Å²) >= 11 is 0. The van der Waals surface area contributed by atoms with Crippen molar-refractivity contribution in [3.63, 3.8) is 0 Å². The number of hydrogen-bond donors (Lipinski definition) is 0. The standard InChI is InChI=1S/C58H41N3/c1-6-21-42(22-7-1)51-34-18-19-35-52(51)44-24-20-33-49(39-44)61-56-41-50(59(45-25-8-2-9-26-45)46-27-10-3-11-28-46)40-55(57(56)54-38-37-43-23-16-17-36-53(43)58(54)61)60(47-29-12-4-13-30-47)48-31-14-5-15-32-48/h1-41H. The van der Waals surface area contributed by atoms with Crippen LogP contribution in [0.2, 0.25) is 0 Å². The van der Waals surface area contributed by atoms with Gasteiger partial charge in [0.25, 0.3) is 0 Å². The fourth-order valence-corrected chi connectivity index (χ4v) is 9.04. The van der Waals surface area contributed by atoms with Gasteiger partial charge in [0.2, 0.25) is 0 Å². The molecule has 0 saturated heterocycles. The Hall–Kier alpha value is -8.14. The maximum absolute atomic E-state index is 2.51. The molecule has 10 aromatic carbocycles. The van der Waals surface area contributed by atoms with Crippen molar-refractivity contribution in [2.75, 3.05) is 9.80 Å². The third-order valence-corrected chi connectivity index (χ3v) is 11.7. The van der Waals surface area contributed by atoms with Crippen molar-refractivity contribution in [2.24, 2.45) is 0 Å². The first-order valence-corrected chi connectivity index (χ1v) is 20.9. The van der Waals surface area contributed by atoms with Crippen LogP contribution in [0.4, 0.5) is 34.1 Å². The van der Waals surface area contributed by atoms with Crippen molar-refractivity contribution in [3.05, 3.63) is 249 Å². The zero-order valence-electron chi connectivity index (χ0n) is 33.5. The monoisotopic (exact) mass is 779 g/mol. The van der Waals surface area contributed by atoms with Gasteiger partial charge in [-0.15, -0.1) is 0 Å². The molecule has 0 radical (unpaired) electrons. The average Bonchev–Trinajstić information content (AvgIpc) is 3.68. The van der Waals surface area contributed by atoms with Gasteiger partial charge in [0, 0.05) is 44.6 Å². The first kappa shape index (κ1) is 36.0. The van der Waals surface area contributed by atoms with E-state index in [1.54, 1.807) is 0 Å². The van der Waals surface area contributed by atoms with Crippen molar-refractivity contribution in [2.45, 2.75) is 0 Å². The maximum atomic E-state index is 2.51. The molecular formula is C58H41N3. The van der Waals surface area contributed by atoms with Crippen LogP contribution in [-0.4, -0.2) is 4.57 Å². The van der Waals surface area contributed by atoms with Crippen molar-refractivity contribution in [1.82, 2.24) is 4.57 Å². The summed E-state index contributed by atoms with van der Waals surface area (Å²) in [5.74, 6) is 0. The normalized spacial score (nSPS) is 11.3. The topological polar surface area (TPSA) is 11.4 Å². The van der Waals surface area contributed by atoms with Crippen molar-refractivity contribution in [1.29, 1.82) is 0 Å². The Kier molecular flexibility index (Phi) is 9.18. The van der Waals surface area contributed by atoms with Crippen molar-refractivity contribution in [3.8, 4) is 27.9 Å². The molecule has 3 nitrogen and oxygen atoms in total. The fourth-order valence-electron chi connectivity index (χ4n) is 9.04. The van der Waals surface area contributed by atoms with E-state index in [1.165, 1.54) is 43.8 Å². The van der Waals surface area contributed by atoms with E-state index in [2.05, 4.69) is 263 Å². The zero-order chi connectivity index (χ0) is 40.5. The molecule has 61 heavy (non-hydrogen) atoms. The molecule has 11 aromatic rings. The molecule has 0 aliphatic heterocycles. The molecule has 0 fully saturated rings. The lowest BCUT2D eigenvalue weighted by atomic mass is 9.94. The number of para-hydroxylation sites is 4. The Bertz CT molecular complexity index is 3210. The first-order valence-electron chi connectivity index (χ1n) is 20.9. The SMILES string of the molecule is c1ccc(-c2ccccc2-c2cccc(-n3c4cc(N(c5ccccc5)c5ccccc5)cc(N(c5ccccc5)c5ccccc5)c4c4ccc5ccccc5c43)c2)cc1. The van der Waals surface area contributed by atoms with Gasteiger partial charge in [0.15, 0.2) is 0 Å². The van der Waals surface area contributed by atoms with Gasteiger partial charge in [-0.2, -0.15) is 0 Å². The summed E-state index contributed by atoms with van der Waals surface area (Å²) < 4.78 is 2.51. The summed E-state index contributed by atoms with van der Waals surface area (Å²) in [6.07, 6.45) is 0. The highest BCUT2D eigenvalue weighted by Crippen LogP contribution is 2.49. The smallest absolute Gasteiger partial charge is 0.0620 e. The fraction of sp³-hybridized carbons (Fsp3) is 0. The molecule has 3 heteroatoms. The second kappa shape index (κ2) is 15.6. The first-order chi connectivity index (χ1) is 30.3. The van der Waals surface area contributed by atoms with Crippen LogP contribution >= 0.6 is 0 Å². The second-order valence-corrected chi connectivity index (χ2v) is 15.4. The van der Waals surface area contributed by atoms with E-state index in [4.69, 9.17) is 0 Å². The van der Waals surface area contributed by atoms with E-state index >= 15 is 0 Å². The Morgan fingerprint density at radius 3 is 1.41 bits per heavy atom. The van der Waals surface area contributed by atoms with Gasteiger partial charge in [0.05, 0.1) is 22.4 Å². The number of hydrogen-bond acceptors (Lipinski definition) is 2. The van der Waals surface area contributed by atoms with E-state index in [9.17, 15) is 0 Å². The molecule has 0 N–H and O–H groups in total. The van der Waals surface area contributed by atoms with Gasteiger partial charge in [-0.25, -0.2) is 0 Å². The summed E-state index contributed by atoms with van der Waals surface area (Å²) in [5.41, 5.74) is 14.6. The molecule has 0 amide bonds. The largest absolute Gasteiger partial charge is 0.310 e. The lowest BCUT2D eigenvalue weighted by Crippen LogP contribution is -2.14. The molecule has 0 spiro atoms. The Morgan fingerprint density at radius 1 is 0.311 bits per heavy atom. The molecule has 288 valence electrons. The minimum absolute atomic E-state index is 1.05. The molecule has 0 aliphatic rings. The molecule has 0 aliphatic carbocycles. The number of fused-ring (bicyclic) bond motifs is 5. The molecule has 1 heterocycles. The predicted molar refractivity (Wildman–Crippen MR) is 259 cm³/mol. The van der Waals surface area contributed by atoms with E-state index in [0.29, 0.717) is 0 Å². The highest BCUT2D eigenvalue weighted by molar-refractivity contribution is 6.23. The summed E-state index contributed by atoms with van der Waals surface area (Å²) in [7, 11) is 0. The van der Waals surface area contributed by atoms with Gasteiger partial charge in [-0.3, -0.25) is 0 Å². The lowest BCUT2D eigenvalue weighted by molar-refractivity contribution is 1.18. The minimum Gasteiger partial charge on any atom is -0.310 e. The van der Waals surface area contributed by atoms with Crippen LogP contribution in [0, 0.1) is 0 Å². The van der Waals surface area contributed by atoms with Gasteiger partial charge in [-0.05, 0) is 100 Å². The number of aromatic nitrogens is 1. The summed E-state index contributed by atoms with van der Waals surface area (Å²) in [6.45, 7) is 0. The van der Waals surface area contributed by atoms with E-state index in [1.807, 2.05) is 0 Å². The van der Waals surface area contributed by atoms with Crippen LogP contribution in [0.25, 0.3) is 60.5 Å². The number of anilines is 6. The van der Waals surface area contributed by atoms with Gasteiger partial charge >= 0.3 is 0 Å². The summed E-state index contributed by atoms with van der Waals surface area (Å²) in [6, 6.07) is 89.6. The van der Waals surface area contributed by atoms with Crippen LogP contribution in [0.3, 0.4) is 0 Å². The third-order valence-electron chi connectivity index (χ3n) is 11.7. The van der Waals surface area contributed by atoms with Crippen molar-refractivity contribution < 1.29 is 0 Å². The van der Waals surface area contributed by atoms with Crippen LogP contribution in [0.15, 0.2) is 249 Å². The lowest BCUT2D eigenvalue weighted by Gasteiger charge is -2.30. The molecule has 11 rings (SSSR count). The van der Waals surface area contributed by atoms with Crippen LogP contribution in [-0.2, 0) is 0 Å². The number of rotatable bonds is 9. The van der Waals surface area contributed by atoms with Crippen LogP contribution in [0.5, 0.6) is 0 Å². The Labute approximate surface area is 356 Å². The summed E-state index contributed by atoms with van der Waals surface area (Å²) in [5, 5.41) is 4.76. The van der Waals surface area contributed by atoms with Crippen molar-refractivity contribution >= 4 is 66.7 Å². The highest BCUT2D eigenvalue weighted by atomic mass is 15.2. The molecular weight excluding hydrogens is 739 g/mol. The third kappa shape index (κ3) is 6.50. The minimum atomic E-state index is 1.05. The van der Waals surface area contributed by atoms with Gasteiger partial charge in [-0.1, -0.05) is 176 Å². The highest BCUT2D eigenvalue weighted by Gasteiger charge is 2.26. The molecule has 0 unspecified atom stereocenters. The quantitative estimate of drug-likeness (QED) is 0.145. The zero-order valence-corrected chi connectivity index (χ0v) is 33.5. The molecule has 0 bridgehead atoms.